The highest BCUT2D eigenvalue weighted by atomic mass is 79.9. The van der Waals surface area contributed by atoms with E-state index in [2.05, 4.69) is 20.9 Å². The van der Waals surface area contributed by atoms with Crippen LogP contribution in [0.5, 0.6) is 0 Å². The summed E-state index contributed by atoms with van der Waals surface area (Å²) in [5.74, 6) is -0.557. The molecular weight excluding hydrogens is 271 g/mol. The molecule has 76 valence electrons. The van der Waals surface area contributed by atoms with E-state index in [0.717, 1.165) is 0 Å². The molecule has 0 atom stereocenters. The van der Waals surface area contributed by atoms with E-state index >= 15 is 0 Å². The largest absolute Gasteiger partial charge is 0.461 e. The van der Waals surface area contributed by atoms with E-state index in [4.69, 9.17) is 22.1 Å². The number of hydrogen-bond donors (Lipinski definition) is 1. The highest BCUT2D eigenvalue weighted by Gasteiger charge is 2.15. The second kappa shape index (κ2) is 4.61. The Hall–Kier alpha value is -0.810. The fourth-order valence-corrected chi connectivity index (χ4v) is 1.35. The van der Waals surface area contributed by atoms with Crippen LogP contribution in [0.15, 0.2) is 10.7 Å². The van der Waals surface area contributed by atoms with Gasteiger partial charge in [-0.1, -0.05) is 11.6 Å². The number of anilines is 1. The summed E-state index contributed by atoms with van der Waals surface area (Å²) in [6.07, 6.45) is 0. The second-order valence-corrected chi connectivity index (χ2v) is 3.58. The number of rotatable bonds is 2. The van der Waals surface area contributed by atoms with Crippen molar-refractivity contribution in [1.29, 1.82) is 0 Å². The summed E-state index contributed by atoms with van der Waals surface area (Å²) in [5.41, 5.74) is 5.96. The first kappa shape index (κ1) is 11.3. The average molecular weight is 280 g/mol. The normalized spacial score (nSPS) is 9.93. The number of nitrogens with two attached hydrogens (primary N) is 1. The molecule has 14 heavy (non-hydrogen) atoms. The Morgan fingerprint density at radius 1 is 1.79 bits per heavy atom. The van der Waals surface area contributed by atoms with Crippen molar-refractivity contribution >= 4 is 39.2 Å². The van der Waals surface area contributed by atoms with E-state index in [1.807, 2.05) is 0 Å². The van der Waals surface area contributed by atoms with Gasteiger partial charge in [0.2, 0.25) is 0 Å². The third-order valence-electron chi connectivity index (χ3n) is 1.43. The van der Waals surface area contributed by atoms with Crippen LogP contribution in [0, 0.1) is 0 Å². The van der Waals surface area contributed by atoms with Gasteiger partial charge < -0.3 is 10.5 Å². The van der Waals surface area contributed by atoms with Gasteiger partial charge in [-0.05, 0) is 28.9 Å². The smallest absolute Gasteiger partial charge is 0.358 e. The van der Waals surface area contributed by atoms with E-state index in [-0.39, 0.29) is 17.3 Å². The van der Waals surface area contributed by atoms with E-state index in [0.29, 0.717) is 10.3 Å². The Balaban J connectivity index is 3.09. The molecule has 4 nitrogen and oxygen atoms in total. The molecule has 0 bridgehead atoms. The summed E-state index contributed by atoms with van der Waals surface area (Å²) >= 11 is 8.87. The van der Waals surface area contributed by atoms with Crippen molar-refractivity contribution in [2.45, 2.75) is 6.92 Å². The molecule has 0 fully saturated rings. The molecule has 2 N–H and O–H groups in total. The van der Waals surface area contributed by atoms with Crippen LogP contribution in [0.4, 0.5) is 5.69 Å². The van der Waals surface area contributed by atoms with Crippen LogP contribution in [0.1, 0.15) is 17.4 Å². The lowest BCUT2D eigenvalue weighted by Gasteiger charge is -2.05. The van der Waals surface area contributed by atoms with Crippen molar-refractivity contribution < 1.29 is 9.53 Å². The van der Waals surface area contributed by atoms with Crippen LogP contribution in [0.3, 0.4) is 0 Å². The summed E-state index contributed by atoms with van der Waals surface area (Å²) in [4.78, 5) is 15.2. The first-order valence-electron chi connectivity index (χ1n) is 3.85. The molecule has 1 aromatic rings. The van der Waals surface area contributed by atoms with E-state index in [9.17, 15) is 4.79 Å². The third kappa shape index (κ3) is 2.36. The number of ether oxygens (including phenoxy) is 1. The van der Waals surface area contributed by atoms with Crippen LogP contribution in [0.25, 0.3) is 0 Å². The van der Waals surface area contributed by atoms with Gasteiger partial charge in [0.25, 0.3) is 0 Å². The first-order valence-corrected chi connectivity index (χ1v) is 5.02. The number of nitrogens with zero attached hydrogens (tertiary/aromatic N) is 1. The molecule has 0 saturated carbocycles. The topological polar surface area (TPSA) is 65.2 Å². The lowest BCUT2D eigenvalue weighted by molar-refractivity contribution is 0.0519. The van der Waals surface area contributed by atoms with Crippen molar-refractivity contribution in [3.8, 4) is 0 Å². The number of nitrogen functional groups attached to an aromatic ring is 1. The fourth-order valence-electron chi connectivity index (χ4n) is 0.823. The van der Waals surface area contributed by atoms with Gasteiger partial charge in [-0.15, -0.1) is 0 Å². The summed E-state index contributed by atoms with van der Waals surface area (Å²) in [7, 11) is 0. The van der Waals surface area contributed by atoms with E-state index < -0.39 is 5.97 Å². The number of hydrogen-bond acceptors (Lipinski definition) is 4. The highest BCUT2D eigenvalue weighted by molar-refractivity contribution is 9.10. The van der Waals surface area contributed by atoms with Crippen molar-refractivity contribution in [3.05, 3.63) is 21.4 Å². The molecular formula is C8H8BrClN2O2. The van der Waals surface area contributed by atoms with Gasteiger partial charge in [-0.25, -0.2) is 9.78 Å². The maximum absolute atomic E-state index is 11.3. The van der Waals surface area contributed by atoms with Crippen LogP contribution in [-0.4, -0.2) is 17.6 Å². The molecule has 0 aliphatic heterocycles. The fraction of sp³-hybridized carbons (Fsp3) is 0.250. The summed E-state index contributed by atoms with van der Waals surface area (Å²) in [6.45, 7) is 1.98. The van der Waals surface area contributed by atoms with Crippen molar-refractivity contribution in [2.75, 3.05) is 12.3 Å². The molecule has 1 rings (SSSR count). The first-order chi connectivity index (χ1) is 6.56. The van der Waals surface area contributed by atoms with Crippen molar-refractivity contribution in [2.24, 2.45) is 0 Å². The standard InChI is InChI=1S/C8H8BrClN2O2/c1-2-14-8(13)6-4(10)3-5(11)7(9)12-6/h3H,2,11H2,1H3. The zero-order valence-electron chi connectivity index (χ0n) is 7.38. The molecule has 0 aliphatic rings. The molecule has 0 radical (unpaired) electrons. The summed E-state index contributed by atoms with van der Waals surface area (Å²) < 4.78 is 5.14. The number of halogens is 2. The lowest BCUT2D eigenvalue weighted by Crippen LogP contribution is -2.09. The Bertz CT molecular complexity index is 371. The van der Waals surface area contributed by atoms with E-state index in [1.165, 1.54) is 6.07 Å². The molecule has 1 heterocycles. The minimum absolute atomic E-state index is 0.0644. The summed E-state index contributed by atoms with van der Waals surface area (Å²) in [6, 6.07) is 1.45. The Kier molecular flexibility index (Phi) is 3.71. The zero-order chi connectivity index (χ0) is 10.7. The van der Waals surface area contributed by atoms with Gasteiger partial charge in [-0.3, -0.25) is 0 Å². The van der Waals surface area contributed by atoms with Gasteiger partial charge >= 0.3 is 5.97 Å². The monoisotopic (exact) mass is 278 g/mol. The quantitative estimate of drug-likeness (QED) is 0.666. The van der Waals surface area contributed by atoms with Crippen LogP contribution >= 0.6 is 27.5 Å². The van der Waals surface area contributed by atoms with Gasteiger partial charge in [0.15, 0.2) is 5.69 Å². The van der Waals surface area contributed by atoms with E-state index in [1.54, 1.807) is 6.92 Å². The molecule has 0 aromatic carbocycles. The minimum atomic E-state index is -0.557. The third-order valence-corrected chi connectivity index (χ3v) is 2.35. The lowest BCUT2D eigenvalue weighted by atomic mass is 10.3. The molecule has 0 spiro atoms. The van der Waals surface area contributed by atoms with Gasteiger partial charge in [0, 0.05) is 0 Å². The number of pyridine rings is 1. The summed E-state index contributed by atoms with van der Waals surface area (Å²) in [5, 5.41) is 0.184. The Morgan fingerprint density at radius 3 is 3.00 bits per heavy atom. The molecule has 0 aliphatic carbocycles. The van der Waals surface area contributed by atoms with Gasteiger partial charge in [0.05, 0.1) is 17.3 Å². The van der Waals surface area contributed by atoms with Crippen LogP contribution in [-0.2, 0) is 4.74 Å². The second-order valence-electron chi connectivity index (χ2n) is 2.42. The molecule has 0 saturated heterocycles. The van der Waals surface area contributed by atoms with Crippen molar-refractivity contribution in [3.63, 3.8) is 0 Å². The maximum atomic E-state index is 11.3. The predicted octanol–water partition coefficient (Wildman–Crippen LogP) is 2.26. The Labute approximate surface area is 94.5 Å². The number of carbonyl (C=O) groups is 1. The molecule has 6 heteroatoms. The van der Waals surface area contributed by atoms with Gasteiger partial charge in [-0.2, -0.15) is 0 Å². The van der Waals surface area contributed by atoms with Crippen molar-refractivity contribution in [1.82, 2.24) is 4.98 Å². The SMILES string of the molecule is CCOC(=O)c1nc(Br)c(N)cc1Cl. The van der Waals surface area contributed by atoms with Crippen LogP contribution in [0.2, 0.25) is 5.02 Å². The predicted molar refractivity (Wildman–Crippen MR) is 57.3 cm³/mol. The molecule has 1 aromatic heterocycles. The molecule has 0 unspecified atom stereocenters. The Morgan fingerprint density at radius 2 is 2.43 bits per heavy atom. The minimum Gasteiger partial charge on any atom is -0.461 e. The number of esters is 1. The number of carbonyl (C=O) groups excluding carboxylic acids is 1. The van der Waals surface area contributed by atoms with Crippen LogP contribution < -0.4 is 5.73 Å². The maximum Gasteiger partial charge on any atom is 0.358 e. The zero-order valence-corrected chi connectivity index (χ0v) is 9.72. The number of aromatic nitrogens is 1. The highest BCUT2D eigenvalue weighted by Crippen LogP contribution is 2.24. The van der Waals surface area contributed by atoms with Gasteiger partial charge in [0.1, 0.15) is 4.60 Å². The molecule has 0 amide bonds. The average Bonchev–Trinajstić information content (AvgIpc) is 2.11.